The third kappa shape index (κ3) is 1.44. The van der Waals surface area contributed by atoms with Gasteiger partial charge in [0.2, 0.25) is 0 Å². The van der Waals surface area contributed by atoms with Crippen molar-refractivity contribution in [3.05, 3.63) is 35.6 Å². The second-order valence-corrected chi connectivity index (χ2v) is 3.47. The van der Waals surface area contributed by atoms with E-state index in [0.29, 0.717) is 6.42 Å². The fourth-order valence-electron chi connectivity index (χ4n) is 1.85. The highest BCUT2D eigenvalue weighted by Gasteiger charge is 2.29. The largest absolute Gasteiger partial charge is 0.511 e. The van der Waals surface area contributed by atoms with Crippen molar-refractivity contribution < 1.29 is 9.90 Å². The van der Waals surface area contributed by atoms with Crippen LogP contribution in [-0.4, -0.2) is 10.9 Å². The Bertz CT molecular complexity index is 307. The van der Waals surface area contributed by atoms with E-state index in [1.165, 1.54) is 0 Å². The fourth-order valence-corrected chi connectivity index (χ4v) is 1.85. The van der Waals surface area contributed by atoms with Crippen molar-refractivity contribution >= 4 is 5.78 Å². The van der Waals surface area contributed by atoms with Gasteiger partial charge in [0.25, 0.3) is 0 Å². The number of rotatable bonds is 1. The number of aliphatic hydroxyl groups excluding tert-OH is 1. The maximum absolute atomic E-state index is 11.3. The summed E-state index contributed by atoms with van der Waals surface area (Å²) < 4.78 is 0. The summed E-state index contributed by atoms with van der Waals surface area (Å²) in [6, 6.07) is 0. The number of hydrogen-bond acceptors (Lipinski definition) is 2. The molecule has 2 heteroatoms. The van der Waals surface area contributed by atoms with Gasteiger partial charge in [-0.2, -0.15) is 0 Å². The van der Waals surface area contributed by atoms with Crippen molar-refractivity contribution in [1.29, 1.82) is 0 Å². The molecule has 1 N–H and O–H groups in total. The van der Waals surface area contributed by atoms with Crippen LogP contribution in [0.2, 0.25) is 0 Å². The molecule has 1 saturated carbocycles. The van der Waals surface area contributed by atoms with E-state index in [-0.39, 0.29) is 17.5 Å². The molecule has 0 aromatic heterocycles. The molecule has 68 valence electrons. The molecule has 0 aliphatic heterocycles. The molecule has 0 bridgehead atoms. The Morgan fingerprint density at radius 3 is 2.62 bits per heavy atom. The Morgan fingerprint density at radius 1 is 1.38 bits per heavy atom. The molecule has 0 saturated heterocycles. The zero-order valence-electron chi connectivity index (χ0n) is 7.36. The van der Waals surface area contributed by atoms with Crippen LogP contribution in [0.25, 0.3) is 0 Å². The normalized spacial score (nSPS) is 26.0. The summed E-state index contributed by atoms with van der Waals surface area (Å²) in [7, 11) is 0. The quantitative estimate of drug-likeness (QED) is 0.622. The summed E-state index contributed by atoms with van der Waals surface area (Å²) in [4.78, 5) is 11.3. The molecule has 0 spiro atoms. The van der Waals surface area contributed by atoms with E-state index in [9.17, 15) is 9.90 Å². The van der Waals surface area contributed by atoms with E-state index < -0.39 is 0 Å². The molecular formula is C11H12O2. The Hall–Kier alpha value is -1.31. The summed E-state index contributed by atoms with van der Waals surface area (Å²) in [5.74, 6) is 0.202. The monoisotopic (exact) mass is 176 g/mol. The SMILES string of the molecule is O=C1CCCC1C(O)=C1C=CC=C1. The molecule has 0 radical (unpaired) electrons. The lowest BCUT2D eigenvalue weighted by Crippen LogP contribution is -2.10. The van der Waals surface area contributed by atoms with Gasteiger partial charge in [-0.1, -0.05) is 24.3 Å². The lowest BCUT2D eigenvalue weighted by Gasteiger charge is -2.08. The van der Waals surface area contributed by atoms with Crippen LogP contribution in [0.1, 0.15) is 19.3 Å². The summed E-state index contributed by atoms with van der Waals surface area (Å²) in [5.41, 5.74) is 0.792. The van der Waals surface area contributed by atoms with Crippen molar-refractivity contribution in [3.8, 4) is 0 Å². The second-order valence-electron chi connectivity index (χ2n) is 3.47. The molecular weight excluding hydrogens is 164 g/mol. The van der Waals surface area contributed by atoms with E-state index in [0.717, 1.165) is 18.4 Å². The smallest absolute Gasteiger partial charge is 0.143 e. The van der Waals surface area contributed by atoms with Gasteiger partial charge in [0.15, 0.2) is 0 Å². The second kappa shape index (κ2) is 3.21. The van der Waals surface area contributed by atoms with Crippen LogP contribution in [0.5, 0.6) is 0 Å². The van der Waals surface area contributed by atoms with Crippen molar-refractivity contribution in [1.82, 2.24) is 0 Å². The van der Waals surface area contributed by atoms with Gasteiger partial charge in [-0.25, -0.2) is 0 Å². The molecule has 1 fully saturated rings. The molecule has 1 atom stereocenters. The van der Waals surface area contributed by atoms with E-state index in [4.69, 9.17) is 0 Å². The third-order valence-electron chi connectivity index (χ3n) is 2.59. The zero-order chi connectivity index (χ0) is 9.26. The highest BCUT2D eigenvalue weighted by molar-refractivity contribution is 5.85. The molecule has 0 amide bonds. The van der Waals surface area contributed by atoms with Gasteiger partial charge in [0.05, 0.1) is 5.92 Å². The topological polar surface area (TPSA) is 37.3 Å². The van der Waals surface area contributed by atoms with Crippen LogP contribution in [0.4, 0.5) is 0 Å². The zero-order valence-corrected chi connectivity index (χ0v) is 7.36. The maximum Gasteiger partial charge on any atom is 0.143 e. The van der Waals surface area contributed by atoms with Gasteiger partial charge in [-0.05, 0) is 12.8 Å². The first-order valence-electron chi connectivity index (χ1n) is 4.59. The molecule has 13 heavy (non-hydrogen) atoms. The minimum Gasteiger partial charge on any atom is -0.511 e. The van der Waals surface area contributed by atoms with E-state index in [2.05, 4.69) is 0 Å². The molecule has 2 aliphatic carbocycles. The van der Waals surface area contributed by atoms with Crippen molar-refractivity contribution in [3.63, 3.8) is 0 Å². The Balaban J connectivity index is 2.25. The summed E-state index contributed by atoms with van der Waals surface area (Å²) in [5, 5.41) is 9.78. The van der Waals surface area contributed by atoms with Crippen LogP contribution >= 0.6 is 0 Å². The number of ketones is 1. The van der Waals surface area contributed by atoms with Crippen molar-refractivity contribution in [2.75, 3.05) is 0 Å². The van der Waals surface area contributed by atoms with E-state index in [1.807, 2.05) is 24.3 Å². The average molecular weight is 176 g/mol. The van der Waals surface area contributed by atoms with Gasteiger partial charge in [0.1, 0.15) is 11.5 Å². The van der Waals surface area contributed by atoms with E-state index in [1.54, 1.807) is 0 Å². The van der Waals surface area contributed by atoms with Gasteiger partial charge < -0.3 is 5.11 Å². The van der Waals surface area contributed by atoms with E-state index >= 15 is 0 Å². The summed E-state index contributed by atoms with van der Waals surface area (Å²) >= 11 is 0. The highest BCUT2D eigenvalue weighted by atomic mass is 16.3. The standard InChI is InChI=1S/C11H12O2/c12-10-7-3-6-9(10)11(13)8-4-1-2-5-8/h1-2,4-5,9,13H,3,6-7H2. The molecule has 0 heterocycles. The Morgan fingerprint density at radius 2 is 2.08 bits per heavy atom. The molecule has 2 nitrogen and oxygen atoms in total. The van der Waals surface area contributed by atoms with Gasteiger partial charge in [-0.3, -0.25) is 4.79 Å². The van der Waals surface area contributed by atoms with Crippen LogP contribution in [-0.2, 0) is 4.79 Å². The number of aliphatic hydroxyl groups is 1. The number of hydrogen-bond donors (Lipinski definition) is 1. The molecule has 1 unspecified atom stereocenters. The van der Waals surface area contributed by atoms with Gasteiger partial charge >= 0.3 is 0 Å². The number of Topliss-reactive ketones (excluding diaryl/α,β-unsaturated/α-hetero) is 1. The minimum atomic E-state index is -0.234. The number of carbonyl (C=O) groups is 1. The molecule has 2 rings (SSSR count). The number of carbonyl (C=O) groups excluding carboxylic acids is 1. The first-order chi connectivity index (χ1) is 6.29. The Labute approximate surface area is 77.3 Å². The Kier molecular flexibility index (Phi) is 2.05. The van der Waals surface area contributed by atoms with Crippen molar-refractivity contribution in [2.45, 2.75) is 19.3 Å². The summed E-state index contributed by atoms with van der Waals surface area (Å²) in [6.45, 7) is 0. The van der Waals surface area contributed by atoms with Crippen LogP contribution in [0.15, 0.2) is 35.6 Å². The van der Waals surface area contributed by atoms with Gasteiger partial charge in [0, 0.05) is 12.0 Å². The predicted octanol–water partition coefficient (Wildman–Crippen LogP) is 2.29. The van der Waals surface area contributed by atoms with Crippen LogP contribution in [0.3, 0.4) is 0 Å². The minimum absolute atomic E-state index is 0.179. The lowest BCUT2D eigenvalue weighted by atomic mass is 10.0. The maximum atomic E-state index is 11.3. The third-order valence-corrected chi connectivity index (χ3v) is 2.59. The fraction of sp³-hybridized carbons (Fsp3) is 0.364. The first-order valence-corrected chi connectivity index (χ1v) is 4.59. The van der Waals surface area contributed by atoms with Crippen LogP contribution in [0, 0.1) is 5.92 Å². The lowest BCUT2D eigenvalue weighted by molar-refractivity contribution is -0.120. The molecule has 0 aromatic rings. The van der Waals surface area contributed by atoms with Crippen molar-refractivity contribution in [2.24, 2.45) is 5.92 Å². The average Bonchev–Trinajstić information content (AvgIpc) is 2.72. The first kappa shape index (κ1) is 8.30. The number of allylic oxidation sites excluding steroid dienone is 6. The predicted molar refractivity (Wildman–Crippen MR) is 50.3 cm³/mol. The molecule has 2 aliphatic rings. The highest BCUT2D eigenvalue weighted by Crippen LogP contribution is 2.29. The van der Waals surface area contributed by atoms with Crippen LogP contribution < -0.4 is 0 Å². The van der Waals surface area contributed by atoms with Gasteiger partial charge in [-0.15, -0.1) is 0 Å². The summed E-state index contributed by atoms with van der Waals surface area (Å²) in [6.07, 6.45) is 9.73. The molecule has 0 aromatic carbocycles.